The normalized spacial score (nSPS) is 12.5. The molecule has 0 aliphatic rings. The Morgan fingerprint density at radius 1 is 1.38 bits per heavy atom. The number of likely N-dealkylation sites (N-methyl/N-ethyl adjacent to an activating group) is 1. The molecule has 1 unspecified atom stereocenters. The van der Waals surface area contributed by atoms with E-state index in [4.69, 9.17) is 4.74 Å². The zero-order valence-corrected chi connectivity index (χ0v) is 12.9. The zero-order valence-electron chi connectivity index (χ0n) is 12.9. The van der Waals surface area contributed by atoms with E-state index in [-0.39, 0.29) is 12.0 Å². The summed E-state index contributed by atoms with van der Waals surface area (Å²) in [7, 11) is 1.79. The number of benzene rings is 1. The Hall–Kier alpha value is -1.88. The molecule has 0 fully saturated rings. The van der Waals surface area contributed by atoms with Crippen LogP contribution in [0, 0.1) is 0 Å². The summed E-state index contributed by atoms with van der Waals surface area (Å²) in [6.45, 7) is 5.07. The number of fused-ring (bicyclic) bond motifs is 1. The van der Waals surface area contributed by atoms with Gasteiger partial charge in [-0.05, 0) is 32.5 Å². The summed E-state index contributed by atoms with van der Waals surface area (Å²) in [4.78, 5) is 16.5. The minimum atomic E-state index is -0.282. The number of aromatic nitrogens is 2. The van der Waals surface area contributed by atoms with Crippen molar-refractivity contribution in [2.45, 2.75) is 39.3 Å². The molecule has 1 aromatic heterocycles. The predicted octanol–water partition coefficient (Wildman–Crippen LogP) is 2.14. The van der Waals surface area contributed by atoms with Gasteiger partial charge in [0.25, 0.3) is 0 Å². The van der Waals surface area contributed by atoms with Gasteiger partial charge in [0.2, 0.25) is 0 Å². The second kappa shape index (κ2) is 7.22. The van der Waals surface area contributed by atoms with Gasteiger partial charge in [-0.1, -0.05) is 19.1 Å². The Morgan fingerprint density at radius 3 is 2.81 bits per heavy atom. The van der Waals surface area contributed by atoms with Gasteiger partial charge in [0, 0.05) is 13.0 Å². The van der Waals surface area contributed by atoms with Crippen LogP contribution in [0.5, 0.6) is 0 Å². The van der Waals surface area contributed by atoms with Crippen molar-refractivity contribution >= 4 is 17.0 Å². The van der Waals surface area contributed by atoms with Crippen molar-refractivity contribution in [2.24, 2.45) is 0 Å². The van der Waals surface area contributed by atoms with E-state index >= 15 is 0 Å². The molecule has 21 heavy (non-hydrogen) atoms. The molecule has 114 valence electrons. The topological polar surface area (TPSA) is 56.2 Å². The molecule has 0 aliphatic carbocycles. The lowest BCUT2D eigenvalue weighted by Crippen LogP contribution is -2.36. The molecular formula is C16H23N3O2. The van der Waals surface area contributed by atoms with Crippen LogP contribution in [0.3, 0.4) is 0 Å². The monoisotopic (exact) mass is 289 g/mol. The van der Waals surface area contributed by atoms with Crippen molar-refractivity contribution in [1.82, 2.24) is 14.9 Å². The Bertz CT molecular complexity index is 607. The lowest BCUT2D eigenvalue weighted by molar-refractivity contribution is -0.145. The summed E-state index contributed by atoms with van der Waals surface area (Å²) < 4.78 is 7.28. The molecule has 0 amide bonds. The Labute approximate surface area is 125 Å². The van der Waals surface area contributed by atoms with Crippen LogP contribution >= 0.6 is 0 Å². The van der Waals surface area contributed by atoms with Crippen LogP contribution in [0.2, 0.25) is 0 Å². The SMILES string of the molecule is CCOC(=O)C(CCn1c(CC)nc2ccccc21)NC. The number of carbonyl (C=O) groups excluding carboxylic acids is 1. The molecule has 1 N–H and O–H groups in total. The first-order chi connectivity index (χ1) is 10.2. The summed E-state index contributed by atoms with van der Waals surface area (Å²) in [5, 5.41) is 3.03. The van der Waals surface area contributed by atoms with Gasteiger partial charge in [-0.2, -0.15) is 0 Å². The Morgan fingerprint density at radius 2 is 2.14 bits per heavy atom. The lowest BCUT2D eigenvalue weighted by atomic mass is 10.2. The molecule has 5 heteroatoms. The molecule has 0 spiro atoms. The fourth-order valence-electron chi connectivity index (χ4n) is 2.53. The fourth-order valence-corrected chi connectivity index (χ4v) is 2.53. The third-order valence-corrected chi connectivity index (χ3v) is 3.61. The summed E-state index contributed by atoms with van der Waals surface area (Å²) in [6, 6.07) is 7.82. The van der Waals surface area contributed by atoms with Crippen molar-refractivity contribution in [3.8, 4) is 0 Å². The van der Waals surface area contributed by atoms with E-state index in [1.54, 1.807) is 7.05 Å². The highest BCUT2D eigenvalue weighted by atomic mass is 16.5. The van der Waals surface area contributed by atoms with E-state index in [9.17, 15) is 4.79 Å². The molecule has 2 aromatic rings. The van der Waals surface area contributed by atoms with E-state index in [1.165, 1.54) is 0 Å². The van der Waals surface area contributed by atoms with Crippen LogP contribution in [0.4, 0.5) is 0 Å². The highest BCUT2D eigenvalue weighted by Gasteiger charge is 2.18. The van der Waals surface area contributed by atoms with Gasteiger partial charge in [0.15, 0.2) is 0 Å². The van der Waals surface area contributed by atoms with Crippen LogP contribution in [-0.4, -0.2) is 35.2 Å². The van der Waals surface area contributed by atoms with Crippen molar-refractivity contribution < 1.29 is 9.53 Å². The maximum Gasteiger partial charge on any atom is 0.323 e. The predicted molar refractivity (Wildman–Crippen MR) is 83.2 cm³/mol. The number of carbonyl (C=O) groups is 1. The number of rotatable bonds is 7. The maximum atomic E-state index is 11.8. The minimum Gasteiger partial charge on any atom is -0.465 e. The number of hydrogen-bond donors (Lipinski definition) is 1. The van der Waals surface area contributed by atoms with E-state index in [0.717, 1.165) is 29.8 Å². The lowest BCUT2D eigenvalue weighted by Gasteiger charge is -2.16. The van der Waals surface area contributed by atoms with Gasteiger partial charge < -0.3 is 14.6 Å². The highest BCUT2D eigenvalue weighted by molar-refractivity contribution is 5.77. The highest BCUT2D eigenvalue weighted by Crippen LogP contribution is 2.17. The number of nitrogens with one attached hydrogen (secondary N) is 1. The van der Waals surface area contributed by atoms with E-state index in [0.29, 0.717) is 13.0 Å². The van der Waals surface area contributed by atoms with Crippen LogP contribution < -0.4 is 5.32 Å². The number of para-hydroxylation sites is 2. The minimum absolute atomic E-state index is 0.192. The summed E-state index contributed by atoms with van der Waals surface area (Å²) in [6.07, 6.45) is 1.56. The van der Waals surface area contributed by atoms with Gasteiger partial charge in [-0.25, -0.2) is 4.98 Å². The molecule has 2 rings (SSSR count). The van der Waals surface area contributed by atoms with Crippen LogP contribution in [0.15, 0.2) is 24.3 Å². The summed E-state index contributed by atoms with van der Waals surface area (Å²) in [5.74, 6) is 0.859. The van der Waals surface area contributed by atoms with Crippen LogP contribution in [0.1, 0.15) is 26.1 Å². The first kappa shape index (κ1) is 15.5. The first-order valence-corrected chi connectivity index (χ1v) is 7.49. The average Bonchev–Trinajstić information content (AvgIpc) is 2.86. The fraction of sp³-hybridized carbons (Fsp3) is 0.500. The molecule has 1 atom stereocenters. The van der Waals surface area contributed by atoms with E-state index < -0.39 is 0 Å². The summed E-state index contributed by atoms with van der Waals surface area (Å²) in [5.41, 5.74) is 2.12. The molecule has 0 saturated carbocycles. The second-order valence-corrected chi connectivity index (χ2v) is 4.90. The average molecular weight is 289 g/mol. The van der Waals surface area contributed by atoms with E-state index in [1.807, 2.05) is 25.1 Å². The number of nitrogens with zero attached hydrogens (tertiary/aromatic N) is 2. The molecule has 0 bridgehead atoms. The van der Waals surface area contributed by atoms with Gasteiger partial charge >= 0.3 is 5.97 Å². The number of esters is 1. The first-order valence-electron chi connectivity index (χ1n) is 7.49. The van der Waals surface area contributed by atoms with Crippen molar-refractivity contribution in [2.75, 3.05) is 13.7 Å². The van der Waals surface area contributed by atoms with Gasteiger partial charge in [-0.3, -0.25) is 4.79 Å². The van der Waals surface area contributed by atoms with Crippen molar-refractivity contribution in [1.29, 1.82) is 0 Å². The smallest absolute Gasteiger partial charge is 0.323 e. The number of hydrogen-bond acceptors (Lipinski definition) is 4. The third kappa shape index (κ3) is 3.42. The van der Waals surface area contributed by atoms with Gasteiger partial charge in [-0.15, -0.1) is 0 Å². The Kier molecular flexibility index (Phi) is 5.33. The molecule has 1 aromatic carbocycles. The number of ether oxygens (including phenoxy) is 1. The third-order valence-electron chi connectivity index (χ3n) is 3.61. The number of imidazole rings is 1. The molecule has 0 radical (unpaired) electrons. The molecular weight excluding hydrogens is 266 g/mol. The van der Waals surface area contributed by atoms with Crippen LogP contribution in [0.25, 0.3) is 11.0 Å². The second-order valence-electron chi connectivity index (χ2n) is 4.90. The van der Waals surface area contributed by atoms with Crippen LogP contribution in [-0.2, 0) is 22.5 Å². The van der Waals surface area contributed by atoms with E-state index in [2.05, 4.69) is 27.9 Å². The zero-order chi connectivity index (χ0) is 15.2. The largest absolute Gasteiger partial charge is 0.465 e. The quantitative estimate of drug-likeness (QED) is 0.793. The van der Waals surface area contributed by atoms with Gasteiger partial charge in [0.05, 0.1) is 17.6 Å². The molecule has 1 heterocycles. The van der Waals surface area contributed by atoms with Crippen molar-refractivity contribution in [3.05, 3.63) is 30.1 Å². The Balaban J connectivity index is 2.17. The summed E-state index contributed by atoms with van der Waals surface area (Å²) >= 11 is 0. The van der Waals surface area contributed by atoms with Crippen molar-refractivity contribution in [3.63, 3.8) is 0 Å². The molecule has 0 aliphatic heterocycles. The number of aryl methyl sites for hydroxylation is 2. The maximum absolute atomic E-state index is 11.8. The molecule has 0 saturated heterocycles. The standard InChI is InChI=1S/C16H23N3O2/c1-4-15-18-12-8-6-7-9-14(12)19(15)11-10-13(17-3)16(20)21-5-2/h6-9,13,17H,4-5,10-11H2,1-3H3. The van der Waals surface area contributed by atoms with Gasteiger partial charge in [0.1, 0.15) is 11.9 Å². The molecule has 5 nitrogen and oxygen atoms in total.